The molecule has 1 N–H and O–H groups in total. The molecule has 1 atom stereocenters. The number of hydrogen-bond donors (Lipinski definition) is 1. The topological polar surface area (TPSA) is 71.0 Å². The van der Waals surface area contributed by atoms with E-state index in [0.29, 0.717) is 17.6 Å². The molecule has 3 aromatic rings. The van der Waals surface area contributed by atoms with Crippen molar-refractivity contribution in [3.05, 3.63) is 54.4 Å². The van der Waals surface area contributed by atoms with Crippen LogP contribution in [-0.4, -0.2) is 38.6 Å². The molecule has 138 valence electrons. The lowest BCUT2D eigenvalue weighted by Crippen LogP contribution is -2.43. The molecule has 0 bridgehead atoms. The molecule has 0 aliphatic carbocycles. The lowest BCUT2D eigenvalue weighted by Gasteiger charge is -2.34. The molecule has 3 heterocycles. The maximum Gasteiger partial charge on any atom is 0.274 e. The molecule has 1 aliphatic rings. The number of benzene rings is 1. The van der Waals surface area contributed by atoms with E-state index < -0.39 is 0 Å². The van der Waals surface area contributed by atoms with Crippen LogP contribution in [0.25, 0.3) is 10.9 Å². The van der Waals surface area contributed by atoms with Crippen molar-refractivity contribution in [2.75, 3.05) is 11.9 Å². The van der Waals surface area contributed by atoms with Gasteiger partial charge in [-0.15, -0.1) is 10.2 Å². The van der Waals surface area contributed by atoms with Gasteiger partial charge in [-0.1, -0.05) is 25.1 Å². The first-order valence-electron chi connectivity index (χ1n) is 9.51. The zero-order chi connectivity index (χ0) is 18.6. The number of anilines is 2. The highest BCUT2D eigenvalue weighted by molar-refractivity contribution is 5.93. The van der Waals surface area contributed by atoms with E-state index in [1.54, 1.807) is 18.3 Å². The zero-order valence-electron chi connectivity index (χ0n) is 15.4. The van der Waals surface area contributed by atoms with E-state index in [2.05, 4.69) is 27.4 Å². The number of para-hydroxylation sites is 1. The second-order valence-electron chi connectivity index (χ2n) is 6.87. The summed E-state index contributed by atoms with van der Waals surface area (Å²) < 4.78 is 0. The van der Waals surface area contributed by atoms with Crippen molar-refractivity contribution in [3.8, 4) is 0 Å². The van der Waals surface area contributed by atoms with Gasteiger partial charge in [-0.2, -0.15) is 0 Å². The maximum atomic E-state index is 12.8. The highest BCUT2D eigenvalue weighted by atomic mass is 16.2. The molecule has 0 spiro atoms. The fraction of sp³-hybridized carbons (Fsp3) is 0.333. The molecule has 1 unspecified atom stereocenters. The van der Waals surface area contributed by atoms with E-state index in [0.717, 1.165) is 42.4 Å². The molecule has 1 aliphatic heterocycles. The third kappa shape index (κ3) is 3.60. The minimum Gasteiger partial charge on any atom is -0.337 e. The summed E-state index contributed by atoms with van der Waals surface area (Å²) in [4.78, 5) is 19.2. The van der Waals surface area contributed by atoms with E-state index >= 15 is 0 Å². The summed E-state index contributed by atoms with van der Waals surface area (Å²) in [6.45, 7) is 2.94. The van der Waals surface area contributed by atoms with Crippen LogP contribution in [0.5, 0.6) is 0 Å². The SMILES string of the molecule is CCC1CCCCN1C(=O)c1ccc(Nc2cccc3cccnc23)nn1. The normalized spacial score (nSPS) is 17.1. The van der Waals surface area contributed by atoms with Crippen LogP contribution in [0.15, 0.2) is 48.7 Å². The van der Waals surface area contributed by atoms with Crippen LogP contribution in [0.4, 0.5) is 11.5 Å². The Labute approximate surface area is 158 Å². The average molecular weight is 361 g/mol. The highest BCUT2D eigenvalue weighted by Gasteiger charge is 2.27. The standard InChI is InChI=1S/C21H23N5O/c1-2-16-9-3-4-14-26(16)21(27)18-11-12-19(25-24-18)23-17-10-5-7-15-8-6-13-22-20(15)17/h5-8,10-13,16H,2-4,9,14H2,1H3,(H,23,25). The van der Waals surface area contributed by atoms with Crippen molar-refractivity contribution >= 4 is 28.3 Å². The zero-order valence-corrected chi connectivity index (χ0v) is 15.4. The maximum absolute atomic E-state index is 12.8. The third-order valence-electron chi connectivity index (χ3n) is 5.14. The summed E-state index contributed by atoms with van der Waals surface area (Å²) in [5.41, 5.74) is 2.14. The van der Waals surface area contributed by atoms with Gasteiger partial charge >= 0.3 is 0 Å². The van der Waals surface area contributed by atoms with Crippen LogP contribution in [0.1, 0.15) is 43.1 Å². The molecule has 6 heteroatoms. The Morgan fingerprint density at radius 1 is 1.15 bits per heavy atom. The number of piperidine rings is 1. The first kappa shape index (κ1) is 17.4. The van der Waals surface area contributed by atoms with Crippen molar-refractivity contribution in [2.45, 2.75) is 38.6 Å². The highest BCUT2D eigenvalue weighted by Crippen LogP contribution is 2.24. The van der Waals surface area contributed by atoms with E-state index in [-0.39, 0.29) is 5.91 Å². The molecule has 0 radical (unpaired) electrons. The number of likely N-dealkylation sites (tertiary alicyclic amines) is 1. The fourth-order valence-corrected chi connectivity index (χ4v) is 3.70. The smallest absolute Gasteiger partial charge is 0.274 e. The van der Waals surface area contributed by atoms with E-state index in [4.69, 9.17) is 0 Å². The minimum absolute atomic E-state index is 0.0209. The van der Waals surface area contributed by atoms with Gasteiger partial charge in [-0.25, -0.2) is 0 Å². The Kier molecular flexibility index (Phi) is 4.96. The number of aromatic nitrogens is 3. The van der Waals surface area contributed by atoms with Gasteiger partial charge in [0, 0.05) is 24.2 Å². The van der Waals surface area contributed by atoms with Crippen LogP contribution >= 0.6 is 0 Å². The van der Waals surface area contributed by atoms with Crippen LogP contribution < -0.4 is 5.32 Å². The largest absolute Gasteiger partial charge is 0.337 e. The monoisotopic (exact) mass is 361 g/mol. The molecule has 1 fully saturated rings. The summed E-state index contributed by atoms with van der Waals surface area (Å²) >= 11 is 0. The van der Waals surface area contributed by atoms with Gasteiger partial charge in [0.25, 0.3) is 5.91 Å². The summed E-state index contributed by atoms with van der Waals surface area (Å²) in [6.07, 6.45) is 6.07. The Morgan fingerprint density at radius 2 is 2.04 bits per heavy atom. The predicted molar refractivity (Wildman–Crippen MR) is 106 cm³/mol. The number of nitrogens with one attached hydrogen (secondary N) is 1. The van der Waals surface area contributed by atoms with Crippen molar-refractivity contribution < 1.29 is 4.79 Å². The second kappa shape index (κ2) is 7.70. The summed E-state index contributed by atoms with van der Waals surface area (Å²) in [5, 5.41) is 12.7. The molecule has 1 saturated heterocycles. The Hall–Kier alpha value is -3.02. The van der Waals surface area contributed by atoms with Gasteiger partial charge in [0.1, 0.15) is 0 Å². The van der Waals surface area contributed by atoms with Crippen LogP contribution in [0.3, 0.4) is 0 Å². The van der Waals surface area contributed by atoms with Crippen molar-refractivity contribution in [2.24, 2.45) is 0 Å². The summed E-state index contributed by atoms with van der Waals surface area (Å²) in [7, 11) is 0. The van der Waals surface area contributed by atoms with Gasteiger partial charge in [0.15, 0.2) is 11.5 Å². The first-order valence-corrected chi connectivity index (χ1v) is 9.51. The quantitative estimate of drug-likeness (QED) is 0.755. The first-order chi connectivity index (χ1) is 13.3. The van der Waals surface area contributed by atoms with Gasteiger partial charge in [0.05, 0.1) is 11.2 Å². The predicted octanol–water partition coefficient (Wildman–Crippen LogP) is 4.17. The Balaban J connectivity index is 1.53. The number of nitrogens with zero attached hydrogens (tertiary/aromatic N) is 4. The molecular formula is C21H23N5O. The number of hydrogen-bond acceptors (Lipinski definition) is 5. The van der Waals surface area contributed by atoms with Crippen LogP contribution in [0, 0.1) is 0 Å². The summed E-state index contributed by atoms with van der Waals surface area (Å²) in [5.74, 6) is 0.572. The van der Waals surface area contributed by atoms with Gasteiger partial charge < -0.3 is 10.2 Å². The van der Waals surface area contributed by atoms with E-state index in [9.17, 15) is 4.79 Å². The molecular weight excluding hydrogens is 338 g/mol. The number of fused-ring (bicyclic) bond motifs is 1. The number of carbonyl (C=O) groups is 1. The molecule has 1 amide bonds. The van der Waals surface area contributed by atoms with Crippen molar-refractivity contribution in [1.82, 2.24) is 20.1 Å². The molecule has 0 saturated carbocycles. The average Bonchev–Trinajstić information content (AvgIpc) is 2.74. The molecule has 6 nitrogen and oxygen atoms in total. The lowest BCUT2D eigenvalue weighted by molar-refractivity contribution is 0.0601. The van der Waals surface area contributed by atoms with Gasteiger partial charge in [0.2, 0.25) is 0 Å². The summed E-state index contributed by atoms with van der Waals surface area (Å²) in [6, 6.07) is 13.7. The number of pyridine rings is 1. The van der Waals surface area contributed by atoms with Gasteiger partial charge in [-0.05, 0) is 49.9 Å². The third-order valence-corrected chi connectivity index (χ3v) is 5.14. The van der Waals surface area contributed by atoms with E-state index in [1.807, 2.05) is 35.2 Å². The lowest BCUT2D eigenvalue weighted by atomic mass is 9.99. The van der Waals surface area contributed by atoms with Crippen molar-refractivity contribution in [1.29, 1.82) is 0 Å². The molecule has 1 aromatic carbocycles. The minimum atomic E-state index is -0.0209. The molecule has 2 aromatic heterocycles. The van der Waals surface area contributed by atoms with E-state index in [1.165, 1.54) is 6.42 Å². The number of rotatable bonds is 4. The van der Waals surface area contributed by atoms with Gasteiger partial charge in [-0.3, -0.25) is 9.78 Å². The second-order valence-corrected chi connectivity index (χ2v) is 6.87. The van der Waals surface area contributed by atoms with Crippen LogP contribution in [0.2, 0.25) is 0 Å². The molecule has 4 rings (SSSR count). The fourth-order valence-electron chi connectivity index (χ4n) is 3.70. The molecule has 27 heavy (non-hydrogen) atoms. The Bertz CT molecular complexity index is 935. The van der Waals surface area contributed by atoms with Crippen molar-refractivity contribution in [3.63, 3.8) is 0 Å². The Morgan fingerprint density at radius 3 is 2.85 bits per heavy atom. The number of carbonyl (C=O) groups excluding carboxylic acids is 1. The number of amides is 1. The van der Waals surface area contributed by atoms with Crippen LogP contribution in [-0.2, 0) is 0 Å².